The van der Waals surface area contributed by atoms with Gasteiger partial charge in [-0.15, -0.1) is 0 Å². The summed E-state index contributed by atoms with van der Waals surface area (Å²) in [5.74, 6) is -1.48. The van der Waals surface area contributed by atoms with Crippen molar-refractivity contribution in [3.63, 3.8) is 0 Å². The van der Waals surface area contributed by atoms with Crippen molar-refractivity contribution in [1.82, 2.24) is 0 Å². The molecule has 0 aromatic heterocycles. The summed E-state index contributed by atoms with van der Waals surface area (Å²) in [6, 6.07) is 8.62. The topological polar surface area (TPSA) is 64.6 Å². The van der Waals surface area contributed by atoms with Crippen molar-refractivity contribution >= 4 is 29.2 Å². The Hall–Kier alpha value is -2.60. The zero-order chi connectivity index (χ0) is 17.7. The Labute approximate surface area is 143 Å². The molecular formula is C17H15ClFNO4. The summed E-state index contributed by atoms with van der Waals surface area (Å²) in [6.45, 7) is 1.29. The largest absolute Gasteiger partial charge is 0.496 e. The molecule has 0 unspecified atom stereocenters. The molecule has 0 saturated heterocycles. The minimum Gasteiger partial charge on any atom is -0.496 e. The van der Waals surface area contributed by atoms with Gasteiger partial charge in [-0.2, -0.15) is 0 Å². The number of esters is 1. The van der Waals surface area contributed by atoms with Crippen LogP contribution in [0.15, 0.2) is 36.4 Å². The second-order valence-electron chi connectivity index (χ2n) is 4.93. The molecular weight excluding hydrogens is 337 g/mol. The van der Waals surface area contributed by atoms with E-state index < -0.39 is 24.3 Å². The van der Waals surface area contributed by atoms with Crippen LogP contribution in [0.2, 0.25) is 5.02 Å². The smallest absolute Gasteiger partial charge is 0.338 e. The molecule has 0 spiro atoms. The van der Waals surface area contributed by atoms with Crippen LogP contribution in [0.4, 0.5) is 10.1 Å². The van der Waals surface area contributed by atoms with E-state index in [1.165, 1.54) is 25.3 Å². The van der Waals surface area contributed by atoms with Crippen molar-refractivity contribution in [3.8, 4) is 5.75 Å². The lowest BCUT2D eigenvalue weighted by molar-refractivity contribution is -0.119. The van der Waals surface area contributed by atoms with Gasteiger partial charge in [-0.3, -0.25) is 4.79 Å². The van der Waals surface area contributed by atoms with Gasteiger partial charge in [0.2, 0.25) is 0 Å². The van der Waals surface area contributed by atoms with E-state index in [1.54, 1.807) is 12.1 Å². The first-order chi connectivity index (χ1) is 11.4. The molecule has 2 aromatic rings. The minimum absolute atomic E-state index is 0.0440. The highest BCUT2D eigenvalue weighted by molar-refractivity contribution is 6.30. The molecule has 1 amide bonds. The van der Waals surface area contributed by atoms with Gasteiger partial charge in [-0.25, -0.2) is 9.18 Å². The number of benzene rings is 2. The summed E-state index contributed by atoms with van der Waals surface area (Å²) in [6.07, 6.45) is 0. The van der Waals surface area contributed by atoms with Gasteiger partial charge >= 0.3 is 5.97 Å². The minimum atomic E-state index is -0.681. The first-order valence-electron chi connectivity index (χ1n) is 6.97. The van der Waals surface area contributed by atoms with Crippen LogP contribution in [0.25, 0.3) is 0 Å². The van der Waals surface area contributed by atoms with Gasteiger partial charge in [0.1, 0.15) is 11.6 Å². The van der Waals surface area contributed by atoms with Gasteiger partial charge < -0.3 is 14.8 Å². The fourth-order valence-electron chi connectivity index (χ4n) is 1.94. The SMILES string of the molecule is COc1cc(C(=O)OCC(=O)Nc2ccc(Cl)cc2F)ccc1C. The van der Waals surface area contributed by atoms with Crippen molar-refractivity contribution < 1.29 is 23.5 Å². The molecule has 0 atom stereocenters. The number of halogens is 2. The average Bonchev–Trinajstić information content (AvgIpc) is 2.55. The third-order valence-electron chi connectivity index (χ3n) is 3.18. The first kappa shape index (κ1) is 17.7. The molecule has 1 N–H and O–H groups in total. The Balaban J connectivity index is 1.95. The third-order valence-corrected chi connectivity index (χ3v) is 3.42. The van der Waals surface area contributed by atoms with Crippen LogP contribution < -0.4 is 10.1 Å². The number of rotatable bonds is 5. The average molecular weight is 352 g/mol. The van der Waals surface area contributed by atoms with Gasteiger partial charge in [-0.1, -0.05) is 17.7 Å². The molecule has 0 radical (unpaired) electrons. The van der Waals surface area contributed by atoms with Gasteiger partial charge in [0, 0.05) is 5.02 Å². The van der Waals surface area contributed by atoms with Crippen molar-refractivity contribution in [2.45, 2.75) is 6.92 Å². The third kappa shape index (κ3) is 4.45. The van der Waals surface area contributed by atoms with Crippen molar-refractivity contribution in [2.24, 2.45) is 0 Å². The van der Waals surface area contributed by atoms with E-state index >= 15 is 0 Å². The summed E-state index contributed by atoms with van der Waals surface area (Å²) in [5.41, 5.74) is 1.07. The maximum Gasteiger partial charge on any atom is 0.338 e. The summed E-state index contributed by atoms with van der Waals surface area (Å²) in [4.78, 5) is 23.7. The molecule has 0 aliphatic rings. The maximum atomic E-state index is 13.6. The first-order valence-corrected chi connectivity index (χ1v) is 7.35. The lowest BCUT2D eigenvalue weighted by Crippen LogP contribution is -2.21. The molecule has 0 heterocycles. The number of anilines is 1. The van der Waals surface area contributed by atoms with Gasteiger partial charge in [0.15, 0.2) is 6.61 Å². The number of nitrogens with one attached hydrogen (secondary N) is 1. The molecule has 24 heavy (non-hydrogen) atoms. The highest BCUT2D eigenvalue weighted by Gasteiger charge is 2.13. The van der Waals surface area contributed by atoms with Crippen molar-refractivity contribution in [3.05, 3.63) is 58.4 Å². The Kier molecular flexibility index (Phi) is 5.76. The fraction of sp³-hybridized carbons (Fsp3) is 0.176. The Morgan fingerprint density at radius 1 is 1.21 bits per heavy atom. The maximum absolute atomic E-state index is 13.6. The van der Waals surface area contributed by atoms with Gasteiger partial charge in [0.25, 0.3) is 5.91 Å². The molecule has 0 aliphatic carbocycles. The van der Waals surface area contributed by atoms with Crippen LogP contribution in [0.5, 0.6) is 5.75 Å². The summed E-state index contributed by atoms with van der Waals surface area (Å²) in [7, 11) is 1.49. The second kappa shape index (κ2) is 7.79. The van der Waals surface area contributed by atoms with Gasteiger partial charge in [-0.05, 0) is 42.8 Å². The molecule has 5 nitrogen and oxygen atoms in total. The van der Waals surface area contributed by atoms with Crippen LogP contribution in [-0.2, 0) is 9.53 Å². The number of hydrogen-bond acceptors (Lipinski definition) is 4. The fourth-order valence-corrected chi connectivity index (χ4v) is 2.10. The highest BCUT2D eigenvalue weighted by atomic mass is 35.5. The summed E-state index contributed by atoms with van der Waals surface area (Å²) >= 11 is 5.63. The lowest BCUT2D eigenvalue weighted by atomic mass is 10.1. The Morgan fingerprint density at radius 2 is 1.96 bits per heavy atom. The molecule has 0 saturated carbocycles. The second-order valence-corrected chi connectivity index (χ2v) is 5.37. The molecule has 2 aromatic carbocycles. The van der Waals surface area contributed by atoms with Crippen molar-refractivity contribution in [1.29, 1.82) is 0 Å². The van der Waals surface area contributed by atoms with E-state index in [0.29, 0.717) is 5.75 Å². The molecule has 0 fully saturated rings. The van der Waals surface area contributed by atoms with Crippen molar-refractivity contribution in [2.75, 3.05) is 19.0 Å². The molecule has 0 aliphatic heterocycles. The predicted molar refractivity (Wildman–Crippen MR) is 88.1 cm³/mol. The number of amides is 1. The summed E-state index contributed by atoms with van der Waals surface area (Å²) in [5, 5.41) is 2.51. The van der Waals surface area contributed by atoms with E-state index in [0.717, 1.165) is 11.6 Å². The van der Waals surface area contributed by atoms with Crippen LogP contribution >= 0.6 is 11.6 Å². The normalized spacial score (nSPS) is 10.2. The number of carbonyl (C=O) groups excluding carboxylic acids is 2. The lowest BCUT2D eigenvalue weighted by Gasteiger charge is -2.09. The molecule has 126 valence electrons. The number of hydrogen-bond donors (Lipinski definition) is 1. The number of ether oxygens (including phenoxy) is 2. The zero-order valence-electron chi connectivity index (χ0n) is 13.1. The van der Waals surface area contributed by atoms with E-state index in [-0.39, 0.29) is 16.3 Å². The quantitative estimate of drug-likeness (QED) is 0.836. The van der Waals surface area contributed by atoms with Crippen LogP contribution in [0, 0.1) is 12.7 Å². The summed E-state index contributed by atoms with van der Waals surface area (Å²) < 4.78 is 23.6. The molecule has 2 rings (SSSR count). The predicted octanol–water partition coefficient (Wildman–Crippen LogP) is 3.59. The monoisotopic (exact) mass is 351 g/mol. The number of carbonyl (C=O) groups is 2. The molecule has 7 heteroatoms. The zero-order valence-corrected chi connectivity index (χ0v) is 13.8. The Morgan fingerprint density at radius 3 is 2.62 bits per heavy atom. The van der Waals surface area contributed by atoms with Gasteiger partial charge in [0.05, 0.1) is 18.4 Å². The highest BCUT2D eigenvalue weighted by Crippen LogP contribution is 2.20. The number of aryl methyl sites for hydroxylation is 1. The molecule has 0 bridgehead atoms. The van der Waals surface area contributed by atoms with E-state index in [4.69, 9.17) is 21.1 Å². The van der Waals surface area contributed by atoms with E-state index in [2.05, 4.69) is 5.32 Å². The van der Waals surface area contributed by atoms with Crippen LogP contribution in [0.1, 0.15) is 15.9 Å². The van der Waals surface area contributed by atoms with Crippen LogP contribution in [0.3, 0.4) is 0 Å². The standard InChI is InChI=1S/C17H15ClFNO4/c1-10-3-4-11(7-15(10)23-2)17(22)24-9-16(21)20-14-6-5-12(18)8-13(14)19/h3-8H,9H2,1-2H3,(H,20,21). The van der Waals surface area contributed by atoms with Crippen LogP contribution in [-0.4, -0.2) is 25.6 Å². The Bertz CT molecular complexity index is 779. The number of methoxy groups -OCH3 is 1. The van der Waals surface area contributed by atoms with E-state index in [9.17, 15) is 14.0 Å². The van der Waals surface area contributed by atoms with E-state index in [1.807, 2.05) is 6.92 Å².